The number of hydrogen-bond acceptors (Lipinski definition) is 2. The maximum absolute atomic E-state index is 10.6. The predicted octanol–water partition coefficient (Wildman–Crippen LogP) is 2.11. The molecule has 1 rings (SSSR count). The molecular weight excluding hydrogens is 319 g/mol. The number of nitrogens with two attached hydrogens (primary N) is 1. The molecule has 0 heterocycles. The Morgan fingerprint density at radius 3 is 1.89 bits per heavy atom. The van der Waals surface area contributed by atoms with Gasteiger partial charge < -0.3 is 10.8 Å². The summed E-state index contributed by atoms with van der Waals surface area (Å²) >= 11 is 3.30. The van der Waals surface area contributed by atoms with Crippen molar-refractivity contribution in [3.8, 4) is 0 Å². The topological polar surface area (TPSA) is 80.4 Å². The van der Waals surface area contributed by atoms with Crippen LogP contribution in [-0.4, -0.2) is 23.2 Å². The number of halogens is 4. The van der Waals surface area contributed by atoms with Crippen molar-refractivity contribution in [2.45, 2.75) is 12.6 Å². The number of rotatable bonds is 2. The molecular formula is C10H9BrF3NO3. The fraction of sp³-hybridized carbons (Fsp3) is 0.200. The Balaban J connectivity index is 0.000000360. The maximum atomic E-state index is 10.6. The molecule has 0 fully saturated rings. The molecule has 0 unspecified atom stereocenters. The van der Waals surface area contributed by atoms with Crippen molar-refractivity contribution in [1.29, 1.82) is 0 Å². The average molecular weight is 328 g/mol. The molecule has 100 valence electrons. The van der Waals surface area contributed by atoms with E-state index in [0.717, 1.165) is 10.0 Å². The number of amides is 1. The number of primary amides is 1. The Hall–Kier alpha value is -1.57. The number of carbonyl (C=O) groups excluding carboxylic acids is 1. The molecule has 0 aliphatic carbocycles. The summed E-state index contributed by atoms with van der Waals surface area (Å²) < 4.78 is 32.7. The summed E-state index contributed by atoms with van der Waals surface area (Å²) in [5.74, 6) is -3.06. The first-order valence-corrected chi connectivity index (χ1v) is 5.25. The molecule has 0 aromatic heterocycles. The summed E-state index contributed by atoms with van der Waals surface area (Å²) in [5, 5.41) is 7.12. The van der Waals surface area contributed by atoms with E-state index in [1.54, 1.807) is 0 Å². The van der Waals surface area contributed by atoms with Crippen LogP contribution in [-0.2, 0) is 16.0 Å². The molecule has 0 aliphatic rings. The van der Waals surface area contributed by atoms with E-state index in [2.05, 4.69) is 15.9 Å². The average Bonchev–Trinajstić information content (AvgIpc) is 2.20. The SMILES string of the molecule is NC(=O)Cc1ccc(Br)cc1.O=C(O)C(F)(F)F. The van der Waals surface area contributed by atoms with Crippen LogP contribution < -0.4 is 5.73 Å². The van der Waals surface area contributed by atoms with Crippen molar-refractivity contribution < 1.29 is 27.9 Å². The third-order valence-corrected chi connectivity index (χ3v) is 2.06. The highest BCUT2D eigenvalue weighted by molar-refractivity contribution is 9.10. The summed E-state index contributed by atoms with van der Waals surface area (Å²) in [6, 6.07) is 7.51. The van der Waals surface area contributed by atoms with E-state index in [9.17, 15) is 18.0 Å². The van der Waals surface area contributed by atoms with Crippen LogP contribution in [0, 0.1) is 0 Å². The molecule has 0 spiro atoms. The molecule has 1 aromatic rings. The van der Waals surface area contributed by atoms with Gasteiger partial charge in [-0.15, -0.1) is 0 Å². The fourth-order valence-electron chi connectivity index (χ4n) is 0.803. The van der Waals surface area contributed by atoms with E-state index in [0.29, 0.717) is 6.42 Å². The van der Waals surface area contributed by atoms with Gasteiger partial charge in [-0.3, -0.25) is 4.79 Å². The van der Waals surface area contributed by atoms with Crippen molar-refractivity contribution in [3.63, 3.8) is 0 Å². The molecule has 0 saturated carbocycles. The number of hydrogen-bond donors (Lipinski definition) is 2. The van der Waals surface area contributed by atoms with E-state index < -0.39 is 12.1 Å². The molecule has 1 amide bonds. The van der Waals surface area contributed by atoms with E-state index in [1.807, 2.05) is 24.3 Å². The normalized spacial score (nSPS) is 10.2. The second-order valence-corrected chi connectivity index (χ2v) is 3.99. The van der Waals surface area contributed by atoms with Crippen molar-refractivity contribution in [2.24, 2.45) is 5.73 Å². The van der Waals surface area contributed by atoms with Gasteiger partial charge in [0, 0.05) is 4.47 Å². The maximum Gasteiger partial charge on any atom is 0.490 e. The molecule has 0 aliphatic heterocycles. The molecule has 4 nitrogen and oxygen atoms in total. The minimum atomic E-state index is -5.08. The highest BCUT2D eigenvalue weighted by Crippen LogP contribution is 2.13. The Morgan fingerprint density at radius 1 is 1.22 bits per heavy atom. The fourth-order valence-corrected chi connectivity index (χ4v) is 1.07. The van der Waals surface area contributed by atoms with E-state index in [1.165, 1.54) is 0 Å². The molecule has 0 saturated heterocycles. The van der Waals surface area contributed by atoms with Crippen LogP contribution in [0.2, 0.25) is 0 Å². The van der Waals surface area contributed by atoms with Gasteiger partial charge in [-0.1, -0.05) is 28.1 Å². The summed E-state index contributed by atoms with van der Waals surface area (Å²) in [7, 11) is 0. The van der Waals surface area contributed by atoms with E-state index in [4.69, 9.17) is 15.6 Å². The van der Waals surface area contributed by atoms with Crippen LogP contribution in [0.5, 0.6) is 0 Å². The largest absolute Gasteiger partial charge is 0.490 e. The Morgan fingerprint density at radius 2 is 1.61 bits per heavy atom. The molecule has 3 N–H and O–H groups in total. The standard InChI is InChI=1S/C8H8BrNO.C2HF3O2/c9-7-3-1-6(2-4-7)5-8(10)11;3-2(4,5)1(6)7/h1-4H,5H2,(H2,10,11);(H,6,7). The van der Waals surface area contributed by atoms with Gasteiger partial charge in [0.15, 0.2) is 0 Å². The van der Waals surface area contributed by atoms with Gasteiger partial charge in [-0.25, -0.2) is 4.79 Å². The summed E-state index contributed by atoms with van der Waals surface area (Å²) in [6.07, 6.45) is -4.77. The Labute approximate surface area is 109 Å². The van der Waals surface area contributed by atoms with Crippen LogP contribution in [0.15, 0.2) is 28.7 Å². The Kier molecular flexibility index (Phi) is 6.39. The van der Waals surface area contributed by atoms with Crippen molar-refractivity contribution >= 4 is 27.8 Å². The lowest BCUT2D eigenvalue weighted by molar-refractivity contribution is -0.192. The first-order valence-electron chi connectivity index (χ1n) is 4.45. The summed E-state index contributed by atoms with van der Waals surface area (Å²) in [6.45, 7) is 0. The zero-order chi connectivity index (χ0) is 14.3. The predicted molar refractivity (Wildman–Crippen MR) is 60.7 cm³/mol. The Bertz CT molecular complexity index is 417. The van der Waals surface area contributed by atoms with Crippen LogP contribution in [0.25, 0.3) is 0 Å². The van der Waals surface area contributed by atoms with Crippen molar-refractivity contribution in [1.82, 2.24) is 0 Å². The number of alkyl halides is 3. The zero-order valence-electron chi connectivity index (χ0n) is 8.87. The van der Waals surface area contributed by atoms with Gasteiger partial charge in [-0.2, -0.15) is 13.2 Å². The second-order valence-electron chi connectivity index (χ2n) is 3.07. The lowest BCUT2D eigenvalue weighted by Gasteiger charge is -1.95. The summed E-state index contributed by atoms with van der Waals surface area (Å²) in [5.41, 5.74) is 5.96. The molecule has 8 heteroatoms. The summed E-state index contributed by atoms with van der Waals surface area (Å²) in [4.78, 5) is 19.4. The second kappa shape index (κ2) is 7.00. The minimum absolute atomic E-state index is 0.299. The zero-order valence-corrected chi connectivity index (χ0v) is 10.5. The highest BCUT2D eigenvalue weighted by Gasteiger charge is 2.38. The molecule has 0 bridgehead atoms. The van der Waals surface area contributed by atoms with E-state index >= 15 is 0 Å². The van der Waals surface area contributed by atoms with Crippen LogP contribution in [0.1, 0.15) is 5.56 Å². The quantitative estimate of drug-likeness (QED) is 0.873. The highest BCUT2D eigenvalue weighted by atomic mass is 79.9. The van der Waals surface area contributed by atoms with Crippen molar-refractivity contribution in [2.75, 3.05) is 0 Å². The lowest BCUT2D eigenvalue weighted by atomic mass is 10.1. The van der Waals surface area contributed by atoms with Gasteiger partial charge in [0.05, 0.1) is 6.42 Å². The molecule has 18 heavy (non-hydrogen) atoms. The minimum Gasteiger partial charge on any atom is -0.475 e. The number of benzene rings is 1. The number of carbonyl (C=O) groups is 2. The van der Waals surface area contributed by atoms with Crippen LogP contribution in [0.4, 0.5) is 13.2 Å². The van der Waals surface area contributed by atoms with E-state index in [-0.39, 0.29) is 5.91 Å². The van der Waals surface area contributed by atoms with Gasteiger partial charge >= 0.3 is 12.1 Å². The number of aliphatic carboxylic acids is 1. The first kappa shape index (κ1) is 16.4. The number of carboxylic acids is 1. The third-order valence-electron chi connectivity index (χ3n) is 1.53. The van der Waals surface area contributed by atoms with Gasteiger partial charge in [0.25, 0.3) is 0 Å². The molecule has 0 atom stereocenters. The first-order chi connectivity index (χ1) is 8.12. The molecule has 0 radical (unpaired) electrons. The third kappa shape index (κ3) is 7.66. The monoisotopic (exact) mass is 327 g/mol. The number of carboxylic acid groups (broad SMARTS) is 1. The van der Waals surface area contributed by atoms with Crippen LogP contribution in [0.3, 0.4) is 0 Å². The molecule has 1 aromatic carbocycles. The van der Waals surface area contributed by atoms with Crippen molar-refractivity contribution in [3.05, 3.63) is 34.3 Å². The smallest absolute Gasteiger partial charge is 0.475 e. The van der Waals surface area contributed by atoms with Gasteiger partial charge in [0.2, 0.25) is 5.91 Å². The van der Waals surface area contributed by atoms with Crippen LogP contribution >= 0.6 is 15.9 Å². The van der Waals surface area contributed by atoms with Gasteiger partial charge in [0.1, 0.15) is 0 Å². The lowest BCUT2D eigenvalue weighted by Crippen LogP contribution is -2.21. The van der Waals surface area contributed by atoms with Gasteiger partial charge in [-0.05, 0) is 17.7 Å².